The molecule has 2 unspecified atom stereocenters. The zero-order chi connectivity index (χ0) is 14.9. The summed E-state index contributed by atoms with van der Waals surface area (Å²) in [4.78, 5) is 11.5. The maximum absolute atomic E-state index is 11.5. The SMILES string of the molecule is CCc1cc(CC(C(=O)O)C2CCS(=O)(=O)C2)n(C)n1. The molecule has 2 atom stereocenters. The predicted molar refractivity (Wildman–Crippen MR) is 74.2 cm³/mol. The Labute approximate surface area is 118 Å². The summed E-state index contributed by atoms with van der Waals surface area (Å²) in [6.45, 7) is 1.99. The summed E-state index contributed by atoms with van der Waals surface area (Å²) in [7, 11) is -1.27. The highest BCUT2D eigenvalue weighted by Crippen LogP contribution is 2.29. The minimum atomic E-state index is -3.06. The number of aliphatic carboxylic acids is 1. The first-order valence-corrected chi connectivity index (χ1v) is 8.59. The molecule has 2 rings (SSSR count). The number of carbonyl (C=O) groups is 1. The van der Waals surface area contributed by atoms with Crippen LogP contribution >= 0.6 is 0 Å². The number of carboxylic acid groups (broad SMARTS) is 1. The van der Waals surface area contributed by atoms with Gasteiger partial charge in [0.05, 0.1) is 23.1 Å². The van der Waals surface area contributed by atoms with Crippen molar-refractivity contribution in [3.05, 3.63) is 17.5 Å². The van der Waals surface area contributed by atoms with Gasteiger partial charge in [0.2, 0.25) is 0 Å². The van der Waals surface area contributed by atoms with Gasteiger partial charge in [-0.05, 0) is 24.8 Å². The van der Waals surface area contributed by atoms with Gasteiger partial charge >= 0.3 is 5.97 Å². The molecule has 0 bridgehead atoms. The number of sulfone groups is 1. The molecule has 0 amide bonds. The predicted octanol–water partition coefficient (Wildman–Crippen LogP) is 0.660. The summed E-state index contributed by atoms with van der Waals surface area (Å²) < 4.78 is 24.7. The third-order valence-corrected chi connectivity index (χ3v) is 5.77. The summed E-state index contributed by atoms with van der Waals surface area (Å²) in [5.41, 5.74) is 1.77. The van der Waals surface area contributed by atoms with Crippen molar-refractivity contribution in [1.29, 1.82) is 0 Å². The number of hydrogen-bond donors (Lipinski definition) is 1. The van der Waals surface area contributed by atoms with Gasteiger partial charge in [0.15, 0.2) is 9.84 Å². The fraction of sp³-hybridized carbons (Fsp3) is 0.692. The molecular formula is C13H20N2O4S. The second-order valence-electron chi connectivity index (χ2n) is 5.42. The molecule has 1 saturated heterocycles. The van der Waals surface area contributed by atoms with Gasteiger partial charge in [-0.25, -0.2) is 8.42 Å². The van der Waals surface area contributed by atoms with E-state index in [4.69, 9.17) is 0 Å². The fourth-order valence-corrected chi connectivity index (χ4v) is 4.64. The van der Waals surface area contributed by atoms with Gasteiger partial charge in [0, 0.05) is 19.2 Å². The highest BCUT2D eigenvalue weighted by molar-refractivity contribution is 7.91. The Morgan fingerprint density at radius 1 is 1.60 bits per heavy atom. The van der Waals surface area contributed by atoms with Crippen molar-refractivity contribution in [2.45, 2.75) is 26.2 Å². The normalized spacial score (nSPS) is 22.8. The summed E-state index contributed by atoms with van der Waals surface area (Å²) in [6.07, 6.45) is 1.57. The molecule has 1 N–H and O–H groups in total. The highest BCUT2D eigenvalue weighted by Gasteiger charge is 2.37. The lowest BCUT2D eigenvalue weighted by atomic mass is 9.88. The minimum absolute atomic E-state index is 0.0115. The molecule has 1 aromatic rings. The van der Waals surface area contributed by atoms with Gasteiger partial charge in [0.1, 0.15) is 0 Å². The van der Waals surface area contributed by atoms with Crippen LogP contribution in [0.3, 0.4) is 0 Å². The van der Waals surface area contributed by atoms with Gasteiger partial charge < -0.3 is 5.11 Å². The molecule has 2 heterocycles. The van der Waals surface area contributed by atoms with Gasteiger partial charge in [-0.1, -0.05) is 6.92 Å². The van der Waals surface area contributed by atoms with Crippen molar-refractivity contribution < 1.29 is 18.3 Å². The van der Waals surface area contributed by atoms with Crippen LogP contribution in [0.1, 0.15) is 24.7 Å². The molecule has 0 spiro atoms. The summed E-state index contributed by atoms with van der Waals surface area (Å²) in [6, 6.07) is 1.90. The second-order valence-corrected chi connectivity index (χ2v) is 7.64. The van der Waals surface area contributed by atoms with Crippen LogP contribution in [0.4, 0.5) is 0 Å². The van der Waals surface area contributed by atoms with Crippen molar-refractivity contribution >= 4 is 15.8 Å². The zero-order valence-electron chi connectivity index (χ0n) is 11.7. The fourth-order valence-electron chi connectivity index (χ4n) is 2.76. The monoisotopic (exact) mass is 300 g/mol. The molecule has 0 radical (unpaired) electrons. The van der Waals surface area contributed by atoms with Gasteiger partial charge in [-0.15, -0.1) is 0 Å². The van der Waals surface area contributed by atoms with Gasteiger partial charge in [-0.2, -0.15) is 5.10 Å². The van der Waals surface area contributed by atoms with E-state index in [1.165, 1.54) is 0 Å². The van der Waals surface area contributed by atoms with E-state index < -0.39 is 21.7 Å². The third kappa shape index (κ3) is 3.20. The van der Waals surface area contributed by atoms with Crippen molar-refractivity contribution in [1.82, 2.24) is 9.78 Å². The Morgan fingerprint density at radius 3 is 2.75 bits per heavy atom. The van der Waals surface area contributed by atoms with Crippen LogP contribution in [0, 0.1) is 11.8 Å². The van der Waals surface area contributed by atoms with E-state index in [-0.39, 0.29) is 17.4 Å². The first kappa shape index (κ1) is 15.0. The number of carboxylic acids is 1. The number of aromatic nitrogens is 2. The Balaban J connectivity index is 2.18. The summed E-state index contributed by atoms with van der Waals surface area (Å²) in [5.74, 6) is -1.79. The largest absolute Gasteiger partial charge is 0.481 e. The number of nitrogens with zero attached hydrogens (tertiary/aromatic N) is 2. The molecule has 20 heavy (non-hydrogen) atoms. The first-order chi connectivity index (χ1) is 9.32. The van der Waals surface area contributed by atoms with Gasteiger partial charge in [0.25, 0.3) is 0 Å². The molecule has 1 aromatic heterocycles. The van der Waals surface area contributed by atoms with E-state index in [9.17, 15) is 18.3 Å². The maximum Gasteiger partial charge on any atom is 0.307 e. The van der Waals surface area contributed by atoms with Crippen molar-refractivity contribution in [3.63, 3.8) is 0 Å². The molecular weight excluding hydrogens is 280 g/mol. The van der Waals surface area contributed by atoms with Crippen LogP contribution in [0.25, 0.3) is 0 Å². The summed E-state index contributed by atoms with van der Waals surface area (Å²) >= 11 is 0. The van der Waals surface area contributed by atoms with E-state index in [0.717, 1.165) is 17.8 Å². The number of rotatable bonds is 5. The molecule has 0 saturated carbocycles. The van der Waals surface area contributed by atoms with Crippen LogP contribution in [0.2, 0.25) is 0 Å². The maximum atomic E-state index is 11.5. The molecule has 1 aliphatic rings. The summed E-state index contributed by atoms with van der Waals surface area (Å²) in [5, 5.41) is 13.7. The molecule has 0 aliphatic carbocycles. The number of hydrogen-bond acceptors (Lipinski definition) is 4. The smallest absolute Gasteiger partial charge is 0.307 e. The van der Waals surface area contributed by atoms with Gasteiger partial charge in [-0.3, -0.25) is 9.48 Å². The van der Waals surface area contributed by atoms with Crippen LogP contribution in [-0.2, 0) is 34.5 Å². The van der Waals surface area contributed by atoms with E-state index in [1.54, 1.807) is 11.7 Å². The molecule has 112 valence electrons. The van der Waals surface area contributed by atoms with Crippen molar-refractivity contribution in [3.8, 4) is 0 Å². The topological polar surface area (TPSA) is 89.3 Å². The molecule has 0 aromatic carbocycles. The third-order valence-electron chi connectivity index (χ3n) is 3.97. The van der Waals surface area contributed by atoms with E-state index in [2.05, 4.69) is 5.10 Å². The molecule has 1 aliphatic heterocycles. The average molecular weight is 300 g/mol. The van der Waals surface area contributed by atoms with Crippen LogP contribution in [-0.4, -0.2) is 40.8 Å². The van der Waals surface area contributed by atoms with E-state index in [0.29, 0.717) is 12.8 Å². The van der Waals surface area contributed by atoms with Crippen molar-refractivity contribution in [2.24, 2.45) is 18.9 Å². The second kappa shape index (κ2) is 5.55. The lowest BCUT2D eigenvalue weighted by Crippen LogP contribution is -2.27. The number of aryl methyl sites for hydroxylation is 2. The van der Waals surface area contributed by atoms with Crippen LogP contribution in [0.15, 0.2) is 6.07 Å². The zero-order valence-corrected chi connectivity index (χ0v) is 12.6. The molecule has 6 nitrogen and oxygen atoms in total. The quantitative estimate of drug-likeness (QED) is 0.863. The van der Waals surface area contributed by atoms with Crippen LogP contribution < -0.4 is 0 Å². The molecule has 1 fully saturated rings. The minimum Gasteiger partial charge on any atom is -0.481 e. The van der Waals surface area contributed by atoms with E-state index >= 15 is 0 Å². The lowest BCUT2D eigenvalue weighted by molar-refractivity contribution is -0.143. The lowest BCUT2D eigenvalue weighted by Gasteiger charge is -2.18. The van der Waals surface area contributed by atoms with E-state index in [1.807, 2.05) is 13.0 Å². The average Bonchev–Trinajstić information content (AvgIpc) is 2.89. The Kier molecular flexibility index (Phi) is 4.17. The standard InChI is InChI=1S/C13H20N2O4S/c1-3-10-6-11(15(2)14-10)7-12(13(16)17)9-4-5-20(18,19)8-9/h6,9,12H,3-5,7-8H2,1-2H3,(H,16,17). The Hall–Kier alpha value is -1.37. The molecule has 7 heteroatoms. The first-order valence-electron chi connectivity index (χ1n) is 6.77. The van der Waals surface area contributed by atoms with Crippen molar-refractivity contribution in [2.75, 3.05) is 11.5 Å². The highest BCUT2D eigenvalue weighted by atomic mass is 32.2. The van der Waals surface area contributed by atoms with Crippen LogP contribution in [0.5, 0.6) is 0 Å². The Bertz CT molecular complexity index is 606. The Morgan fingerprint density at radius 2 is 2.30 bits per heavy atom.